The van der Waals surface area contributed by atoms with E-state index >= 15 is 0 Å². The van der Waals surface area contributed by atoms with Gasteiger partial charge in [0.1, 0.15) is 0 Å². The molecular formula is C28H32N5O3SSn+. The van der Waals surface area contributed by atoms with Crippen LogP contribution in [0.15, 0.2) is 37.2 Å². The van der Waals surface area contributed by atoms with Crippen LogP contribution in [-0.2, 0) is 11.2 Å². The van der Waals surface area contributed by atoms with Crippen molar-refractivity contribution in [2.75, 3.05) is 11.9 Å². The number of hydrogen-bond donors (Lipinski definition) is 3. The van der Waals surface area contributed by atoms with Gasteiger partial charge < -0.3 is 0 Å². The molecular weight excluding hydrogens is 605 g/mol. The molecule has 10 heteroatoms. The van der Waals surface area contributed by atoms with E-state index in [0.29, 0.717) is 23.0 Å². The SMILES string of the molecule is C=CC(=O)NCC1CCC[C@H]1NC(=O)c1sc2ncc[c]3c2c1N[C](=O)[Sn+]3[c]1cnc(CC(C)C)cc1C. The second-order valence-electron chi connectivity index (χ2n) is 10.5. The number of aromatic nitrogens is 2. The van der Waals surface area contributed by atoms with Crippen molar-refractivity contribution in [2.45, 2.75) is 52.5 Å². The maximum absolute atomic E-state index is 13.6. The van der Waals surface area contributed by atoms with Gasteiger partial charge in [0.15, 0.2) is 0 Å². The molecule has 3 aromatic rings. The number of nitrogens with one attached hydrogen (secondary N) is 3. The molecule has 8 nitrogen and oxygen atoms in total. The van der Waals surface area contributed by atoms with Crippen LogP contribution in [0.1, 0.15) is 54.0 Å². The van der Waals surface area contributed by atoms with Gasteiger partial charge in [0, 0.05) is 0 Å². The van der Waals surface area contributed by atoms with E-state index in [2.05, 4.69) is 54.4 Å². The Balaban J connectivity index is 1.44. The number of anilines is 1. The van der Waals surface area contributed by atoms with E-state index in [1.165, 1.54) is 17.4 Å². The predicted molar refractivity (Wildman–Crippen MR) is 153 cm³/mol. The Kier molecular flexibility index (Phi) is 7.85. The first kappa shape index (κ1) is 26.8. The zero-order valence-corrected chi connectivity index (χ0v) is 25.6. The van der Waals surface area contributed by atoms with Gasteiger partial charge in [-0.3, -0.25) is 0 Å². The molecule has 2 atom stereocenters. The maximum atomic E-state index is 13.6. The van der Waals surface area contributed by atoms with Crippen molar-refractivity contribution in [2.24, 2.45) is 11.8 Å². The topological polar surface area (TPSA) is 113 Å². The fraction of sp³-hybridized carbons (Fsp3) is 0.393. The number of nitrogens with zero attached hydrogens (tertiary/aromatic N) is 2. The molecule has 1 unspecified atom stereocenters. The molecule has 1 aliphatic carbocycles. The van der Waals surface area contributed by atoms with Crippen molar-refractivity contribution in [3.05, 3.63) is 53.3 Å². The van der Waals surface area contributed by atoms with Gasteiger partial charge >= 0.3 is 228 Å². The third-order valence-electron chi connectivity index (χ3n) is 7.29. The summed E-state index contributed by atoms with van der Waals surface area (Å²) in [6.45, 7) is 10.4. The number of thiophene rings is 1. The molecule has 0 radical (unpaired) electrons. The van der Waals surface area contributed by atoms with E-state index in [-0.39, 0.29) is 27.7 Å². The minimum absolute atomic E-state index is 0.0206. The Labute approximate surface area is 233 Å². The van der Waals surface area contributed by atoms with Crippen molar-refractivity contribution >= 4 is 69.9 Å². The van der Waals surface area contributed by atoms with Crippen molar-refractivity contribution in [3.8, 4) is 0 Å². The molecule has 0 bridgehead atoms. The first-order valence-electron chi connectivity index (χ1n) is 13.0. The summed E-state index contributed by atoms with van der Waals surface area (Å²) < 4.78 is 2.12. The van der Waals surface area contributed by atoms with Gasteiger partial charge in [0.05, 0.1) is 0 Å². The van der Waals surface area contributed by atoms with Crippen LogP contribution in [0.25, 0.3) is 10.2 Å². The van der Waals surface area contributed by atoms with Crippen molar-refractivity contribution in [1.29, 1.82) is 0 Å². The minimum atomic E-state index is -3.04. The Morgan fingerprint density at radius 3 is 2.84 bits per heavy atom. The monoisotopic (exact) mass is 638 g/mol. The number of carbonyl (C=O) groups is 3. The number of aryl methyl sites for hydroxylation is 1. The summed E-state index contributed by atoms with van der Waals surface area (Å²) in [5.74, 6) is 0.254. The molecule has 0 spiro atoms. The molecule has 3 amide bonds. The summed E-state index contributed by atoms with van der Waals surface area (Å²) in [6, 6.07) is 4.04. The normalized spacial score (nSPS) is 18.5. The molecule has 4 heterocycles. The van der Waals surface area contributed by atoms with Gasteiger partial charge in [0.25, 0.3) is 0 Å². The molecule has 0 saturated heterocycles. The zero-order valence-electron chi connectivity index (χ0n) is 21.9. The molecule has 3 aromatic heterocycles. The van der Waals surface area contributed by atoms with Crippen LogP contribution in [0.5, 0.6) is 0 Å². The van der Waals surface area contributed by atoms with Crippen molar-refractivity contribution < 1.29 is 14.4 Å². The molecule has 1 aliphatic heterocycles. The molecule has 196 valence electrons. The van der Waals surface area contributed by atoms with Crippen molar-refractivity contribution in [1.82, 2.24) is 20.6 Å². The van der Waals surface area contributed by atoms with Crippen molar-refractivity contribution in [3.63, 3.8) is 0 Å². The van der Waals surface area contributed by atoms with Crippen LogP contribution in [0, 0.1) is 18.8 Å². The van der Waals surface area contributed by atoms with Crippen LogP contribution in [0.4, 0.5) is 10.5 Å². The van der Waals surface area contributed by atoms with Gasteiger partial charge in [0.2, 0.25) is 0 Å². The molecule has 3 N–H and O–H groups in total. The van der Waals surface area contributed by atoms with Gasteiger partial charge in [-0.15, -0.1) is 0 Å². The Bertz CT molecular complexity index is 1440. The van der Waals surface area contributed by atoms with E-state index in [1.54, 1.807) is 6.20 Å². The summed E-state index contributed by atoms with van der Waals surface area (Å²) in [5.41, 5.74) is 2.74. The fourth-order valence-electron chi connectivity index (χ4n) is 5.49. The van der Waals surface area contributed by atoms with Crippen LogP contribution in [-0.4, -0.2) is 58.1 Å². The van der Waals surface area contributed by atoms with Gasteiger partial charge in [-0.25, -0.2) is 0 Å². The Hall–Kier alpha value is -2.79. The Morgan fingerprint density at radius 2 is 2.11 bits per heavy atom. The average Bonchev–Trinajstić information content (AvgIpc) is 3.48. The van der Waals surface area contributed by atoms with Gasteiger partial charge in [-0.2, -0.15) is 0 Å². The van der Waals surface area contributed by atoms with Gasteiger partial charge in [-0.05, 0) is 0 Å². The second kappa shape index (κ2) is 11.1. The first-order chi connectivity index (χ1) is 18.3. The predicted octanol–water partition coefficient (Wildman–Crippen LogP) is 3.14. The quantitative estimate of drug-likeness (QED) is 0.260. The van der Waals surface area contributed by atoms with E-state index in [1.807, 2.05) is 12.3 Å². The third-order valence-corrected chi connectivity index (χ3v) is 15.8. The number of amides is 3. The second-order valence-corrected chi connectivity index (χ2v) is 18.0. The molecule has 5 rings (SSSR count). The summed E-state index contributed by atoms with van der Waals surface area (Å²) in [5, 5.41) is 10.1. The molecule has 1 fully saturated rings. The third kappa shape index (κ3) is 5.22. The molecule has 1 saturated carbocycles. The number of carbonyl (C=O) groups excluding carboxylic acids is 3. The molecule has 0 aromatic carbocycles. The molecule has 38 heavy (non-hydrogen) atoms. The van der Waals surface area contributed by atoms with Crippen LogP contribution >= 0.6 is 11.3 Å². The number of hydrogen-bond acceptors (Lipinski definition) is 6. The number of rotatable bonds is 8. The summed E-state index contributed by atoms with van der Waals surface area (Å²) in [7, 11) is 0. The summed E-state index contributed by atoms with van der Waals surface area (Å²) >= 11 is -1.72. The fourth-order valence-corrected chi connectivity index (χ4v) is 13.7. The standard InChI is InChI=1S/C18H18N4O3S.C10H14N.Sn/c1-2-14(24)20-9-11-5-3-7-13(11)22-17(25)16-15(21-10-23)12-6-4-8-19-18(12)26-16;1-8(2)6-10-7-9(3)4-5-11-10;/h2,4,8,11,13H,1,3,5,7,9H2,(H,20,24)(H,21,23)(H,22,25);5,7-8H,6H2,1-3H3;/q;;+1/t11?,13-;;/m1../s1. The van der Waals surface area contributed by atoms with E-state index < -0.39 is 19.8 Å². The van der Waals surface area contributed by atoms with Crippen LogP contribution in [0.3, 0.4) is 0 Å². The van der Waals surface area contributed by atoms with Gasteiger partial charge in [-0.1, -0.05) is 6.58 Å². The van der Waals surface area contributed by atoms with E-state index in [9.17, 15) is 14.4 Å². The van der Waals surface area contributed by atoms with E-state index in [0.717, 1.165) is 54.3 Å². The zero-order chi connectivity index (χ0) is 27.0. The molecule has 2 aliphatic rings. The van der Waals surface area contributed by atoms with E-state index in [4.69, 9.17) is 4.98 Å². The number of pyridine rings is 2. The van der Waals surface area contributed by atoms with Crippen LogP contribution < -0.4 is 23.1 Å². The Morgan fingerprint density at radius 1 is 1.29 bits per heavy atom. The summed E-state index contributed by atoms with van der Waals surface area (Å²) in [6.07, 6.45) is 8.60. The average molecular weight is 637 g/mol. The van der Waals surface area contributed by atoms with Crippen LogP contribution in [0.2, 0.25) is 0 Å². The summed E-state index contributed by atoms with van der Waals surface area (Å²) in [4.78, 5) is 49.2. The first-order valence-corrected chi connectivity index (χ1v) is 18.1.